The molecular weight excluding hydrogens is 280 g/mol. The van der Waals surface area contributed by atoms with Crippen LogP contribution in [-0.2, 0) is 19.1 Å². The molecule has 0 aromatic rings. The minimum absolute atomic E-state index is 0.207. The van der Waals surface area contributed by atoms with Crippen LogP contribution in [0.3, 0.4) is 0 Å². The average Bonchev–Trinajstić information content (AvgIpc) is 2.78. The van der Waals surface area contributed by atoms with E-state index in [4.69, 9.17) is 9.47 Å². The first-order valence-electron chi connectivity index (χ1n) is 8.04. The van der Waals surface area contributed by atoms with Gasteiger partial charge in [0.15, 0.2) is 0 Å². The van der Waals surface area contributed by atoms with E-state index in [1.807, 2.05) is 52.8 Å². The van der Waals surface area contributed by atoms with Crippen LogP contribution in [0.15, 0.2) is 23.8 Å². The number of esters is 2. The van der Waals surface area contributed by atoms with E-state index in [2.05, 4.69) is 0 Å². The first kappa shape index (κ1) is 16.8. The van der Waals surface area contributed by atoms with Crippen molar-refractivity contribution in [3.8, 4) is 0 Å². The third kappa shape index (κ3) is 2.59. The highest BCUT2D eigenvalue weighted by molar-refractivity contribution is 5.93. The van der Waals surface area contributed by atoms with Crippen LogP contribution in [0.2, 0.25) is 0 Å². The van der Waals surface area contributed by atoms with Gasteiger partial charge in [0.1, 0.15) is 10.8 Å². The maximum absolute atomic E-state index is 12.8. The number of rotatable bonds is 4. The van der Waals surface area contributed by atoms with Gasteiger partial charge >= 0.3 is 11.9 Å². The van der Waals surface area contributed by atoms with E-state index in [9.17, 15) is 9.59 Å². The first-order chi connectivity index (χ1) is 10.2. The van der Waals surface area contributed by atoms with Crippen molar-refractivity contribution in [2.75, 3.05) is 0 Å². The summed E-state index contributed by atoms with van der Waals surface area (Å²) in [7, 11) is 0. The molecule has 2 unspecified atom stereocenters. The molecule has 1 fully saturated rings. The van der Waals surface area contributed by atoms with E-state index in [-0.39, 0.29) is 24.1 Å². The third-order valence-electron chi connectivity index (χ3n) is 4.46. The molecule has 1 saturated carbocycles. The fourth-order valence-electron chi connectivity index (χ4n) is 3.57. The monoisotopic (exact) mass is 306 g/mol. The van der Waals surface area contributed by atoms with Gasteiger partial charge in [-0.1, -0.05) is 30.2 Å². The van der Waals surface area contributed by atoms with Crippen molar-refractivity contribution in [2.24, 2.45) is 10.8 Å². The summed E-state index contributed by atoms with van der Waals surface area (Å²) in [5.74, 6) is -0.634. The van der Waals surface area contributed by atoms with E-state index < -0.39 is 10.8 Å². The molecule has 0 aliphatic heterocycles. The van der Waals surface area contributed by atoms with E-state index >= 15 is 0 Å². The summed E-state index contributed by atoms with van der Waals surface area (Å²) in [6, 6.07) is 0. The summed E-state index contributed by atoms with van der Waals surface area (Å²) in [4.78, 5) is 25.6. The number of hydrogen-bond acceptors (Lipinski definition) is 4. The summed E-state index contributed by atoms with van der Waals surface area (Å²) >= 11 is 0. The molecule has 0 saturated heterocycles. The van der Waals surface area contributed by atoms with Gasteiger partial charge < -0.3 is 9.47 Å². The topological polar surface area (TPSA) is 52.6 Å². The second kappa shape index (κ2) is 5.90. The van der Waals surface area contributed by atoms with Crippen LogP contribution in [0.5, 0.6) is 0 Å². The van der Waals surface area contributed by atoms with Crippen LogP contribution in [0.1, 0.15) is 53.9 Å². The van der Waals surface area contributed by atoms with Gasteiger partial charge in [-0.05, 0) is 47.5 Å². The van der Waals surface area contributed by atoms with Crippen molar-refractivity contribution in [1.82, 2.24) is 0 Å². The quantitative estimate of drug-likeness (QED) is 0.745. The Bertz CT molecular complexity index is 529. The van der Waals surface area contributed by atoms with Crippen LogP contribution in [0.25, 0.3) is 0 Å². The number of hydrogen-bond donors (Lipinski definition) is 0. The Balaban J connectivity index is 2.47. The molecule has 0 radical (unpaired) electrons. The fraction of sp³-hybridized carbons (Fsp3) is 0.667. The smallest absolute Gasteiger partial charge is 0.317 e. The molecule has 2 atom stereocenters. The molecule has 0 aromatic carbocycles. The number of carbonyl (C=O) groups excluding carboxylic acids is 2. The number of carbonyl (C=O) groups is 2. The molecule has 2 rings (SSSR count). The normalized spacial score (nSPS) is 30.2. The van der Waals surface area contributed by atoms with Gasteiger partial charge in [-0.15, -0.1) is 0 Å². The van der Waals surface area contributed by atoms with Gasteiger partial charge in [0.25, 0.3) is 0 Å². The van der Waals surface area contributed by atoms with Gasteiger partial charge in [0.05, 0.1) is 12.2 Å². The van der Waals surface area contributed by atoms with E-state index in [0.29, 0.717) is 12.8 Å². The molecule has 4 heteroatoms. The Morgan fingerprint density at radius 1 is 1.00 bits per heavy atom. The molecule has 0 bridgehead atoms. The van der Waals surface area contributed by atoms with Crippen molar-refractivity contribution < 1.29 is 19.1 Å². The lowest BCUT2D eigenvalue weighted by atomic mass is 9.62. The average molecular weight is 306 g/mol. The molecule has 2 aliphatic rings. The second-order valence-electron chi connectivity index (χ2n) is 6.93. The SMILES string of the molecule is CC1=CC2(C(=O)OC(C)C)CCCC2(C(=O)OC(C)C)C=C1. The summed E-state index contributed by atoms with van der Waals surface area (Å²) in [5.41, 5.74) is -0.874. The molecule has 0 spiro atoms. The van der Waals surface area contributed by atoms with Gasteiger partial charge in [0, 0.05) is 0 Å². The highest BCUT2D eigenvalue weighted by atomic mass is 16.6. The van der Waals surface area contributed by atoms with E-state index in [1.165, 1.54) is 0 Å². The van der Waals surface area contributed by atoms with Crippen molar-refractivity contribution >= 4 is 11.9 Å². The molecule has 0 aromatic heterocycles. The molecule has 0 amide bonds. The Hall–Kier alpha value is -1.58. The van der Waals surface area contributed by atoms with Crippen molar-refractivity contribution in [2.45, 2.75) is 66.1 Å². The van der Waals surface area contributed by atoms with Gasteiger partial charge in [-0.2, -0.15) is 0 Å². The predicted octanol–water partition coefficient (Wildman–Crippen LogP) is 3.56. The first-order valence-corrected chi connectivity index (χ1v) is 8.04. The fourth-order valence-corrected chi connectivity index (χ4v) is 3.57. The summed E-state index contributed by atoms with van der Waals surface area (Å²) < 4.78 is 11.0. The summed E-state index contributed by atoms with van der Waals surface area (Å²) in [6.07, 6.45) is 7.30. The van der Waals surface area contributed by atoms with Crippen molar-refractivity contribution in [3.63, 3.8) is 0 Å². The highest BCUT2D eigenvalue weighted by Crippen LogP contribution is 2.58. The van der Waals surface area contributed by atoms with Crippen molar-refractivity contribution in [1.29, 1.82) is 0 Å². The lowest BCUT2D eigenvalue weighted by molar-refractivity contribution is -0.174. The molecule has 0 heterocycles. The molecule has 0 N–H and O–H groups in total. The Morgan fingerprint density at radius 3 is 2.05 bits per heavy atom. The number of allylic oxidation sites excluding steroid dienone is 2. The molecule has 122 valence electrons. The minimum atomic E-state index is -0.928. The lowest BCUT2D eigenvalue weighted by Crippen LogP contribution is -2.50. The molecule has 4 nitrogen and oxygen atoms in total. The second-order valence-corrected chi connectivity index (χ2v) is 6.93. The van der Waals surface area contributed by atoms with Crippen LogP contribution in [0.4, 0.5) is 0 Å². The number of ether oxygens (including phenoxy) is 2. The number of fused-ring (bicyclic) bond motifs is 1. The van der Waals surface area contributed by atoms with Crippen LogP contribution >= 0.6 is 0 Å². The van der Waals surface area contributed by atoms with Gasteiger partial charge in [-0.3, -0.25) is 9.59 Å². The summed E-state index contributed by atoms with van der Waals surface area (Å²) in [6.45, 7) is 9.24. The van der Waals surface area contributed by atoms with Crippen LogP contribution in [-0.4, -0.2) is 24.1 Å². The minimum Gasteiger partial charge on any atom is -0.462 e. The zero-order valence-electron chi connectivity index (χ0n) is 14.1. The predicted molar refractivity (Wildman–Crippen MR) is 84.1 cm³/mol. The van der Waals surface area contributed by atoms with Gasteiger partial charge in [-0.25, -0.2) is 0 Å². The Kier molecular flexibility index (Phi) is 4.50. The Labute approximate surface area is 132 Å². The van der Waals surface area contributed by atoms with Crippen molar-refractivity contribution in [3.05, 3.63) is 23.8 Å². The highest BCUT2D eigenvalue weighted by Gasteiger charge is 2.64. The largest absolute Gasteiger partial charge is 0.462 e. The lowest BCUT2D eigenvalue weighted by Gasteiger charge is -2.41. The maximum atomic E-state index is 12.8. The molecule has 22 heavy (non-hydrogen) atoms. The summed E-state index contributed by atoms with van der Waals surface area (Å²) in [5, 5.41) is 0. The zero-order valence-corrected chi connectivity index (χ0v) is 14.1. The molecular formula is C18H26O4. The Morgan fingerprint density at radius 2 is 1.50 bits per heavy atom. The molecule has 2 aliphatic carbocycles. The standard InChI is InChI=1S/C18H26O4/c1-12(2)21-15(19)17-8-6-9-18(17,11-14(5)7-10-17)16(20)22-13(3)4/h7,10-13H,6,8-9H2,1-5H3. The van der Waals surface area contributed by atoms with E-state index in [1.54, 1.807) is 0 Å². The zero-order chi connectivity index (χ0) is 16.5. The van der Waals surface area contributed by atoms with Crippen LogP contribution in [0, 0.1) is 10.8 Å². The third-order valence-corrected chi connectivity index (χ3v) is 4.46. The van der Waals surface area contributed by atoms with Crippen LogP contribution < -0.4 is 0 Å². The van der Waals surface area contributed by atoms with E-state index in [0.717, 1.165) is 12.0 Å². The van der Waals surface area contributed by atoms with Gasteiger partial charge in [0.2, 0.25) is 0 Å². The maximum Gasteiger partial charge on any atom is 0.317 e.